The van der Waals surface area contributed by atoms with Crippen LogP contribution in [0.1, 0.15) is 24.8 Å². The van der Waals surface area contributed by atoms with Gasteiger partial charge in [0.2, 0.25) is 0 Å². The first-order valence-electron chi connectivity index (χ1n) is 4.93. The molecule has 0 unspecified atom stereocenters. The number of hydrogen-bond donors (Lipinski definition) is 1. The third kappa shape index (κ3) is 2.50. The zero-order valence-electron chi connectivity index (χ0n) is 7.89. The van der Waals surface area contributed by atoms with Crippen LogP contribution in [0.5, 0.6) is 0 Å². The molecule has 76 valence electrons. The van der Waals surface area contributed by atoms with Crippen LogP contribution in [0.3, 0.4) is 0 Å². The molecule has 0 amide bonds. The standard InChI is InChI=1S/C11H13BrClN/c12-9-4-5-11(13)8(6-9)7-14-10-2-1-3-10/h4-6,10,14H,1-3,7H2. The SMILES string of the molecule is Clc1ccc(Br)cc1CNC1CCC1. The summed E-state index contributed by atoms with van der Waals surface area (Å²) in [6.45, 7) is 0.878. The monoisotopic (exact) mass is 273 g/mol. The van der Waals surface area contributed by atoms with Crippen LogP contribution < -0.4 is 5.32 Å². The van der Waals surface area contributed by atoms with E-state index in [-0.39, 0.29) is 0 Å². The van der Waals surface area contributed by atoms with Gasteiger partial charge in [0.1, 0.15) is 0 Å². The van der Waals surface area contributed by atoms with E-state index in [0.717, 1.165) is 16.0 Å². The second kappa shape index (κ2) is 4.65. The van der Waals surface area contributed by atoms with E-state index in [9.17, 15) is 0 Å². The van der Waals surface area contributed by atoms with E-state index in [4.69, 9.17) is 11.6 Å². The summed E-state index contributed by atoms with van der Waals surface area (Å²) in [5.41, 5.74) is 1.17. The zero-order chi connectivity index (χ0) is 9.97. The molecule has 0 atom stereocenters. The summed E-state index contributed by atoms with van der Waals surface area (Å²) in [4.78, 5) is 0. The van der Waals surface area contributed by atoms with Gasteiger partial charge in [0.25, 0.3) is 0 Å². The number of halogens is 2. The number of hydrogen-bond acceptors (Lipinski definition) is 1. The molecule has 1 fully saturated rings. The molecular weight excluding hydrogens is 261 g/mol. The molecule has 0 saturated heterocycles. The lowest BCUT2D eigenvalue weighted by Gasteiger charge is -2.26. The summed E-state index contributed by atoms with van der Waals surface area (Å²) in [6.07, 6.45) is 3.99. The summed E-state index contributed by atoms with van der Waals surface area (Å²) >= 11 is 9.53. The lowest BCUT2D eigenvalue weighted by molar-refractivity contribution is 0.338. The molecule has 0 aromatic heterocycles. The summed E-state index contributed by atoms with van der Waals surface area (Å²) in [5.74, 6) is 0. The maximum atomic E-state index is 6.08. The molecule has 0 bridgehead atoms. The third-order valence-corrected chi connectivity index (χ3v) is 3.56. The summed E-state index contributed by atoms with van der Waals surface area (Å²) in [6, 6.07) is 6.69. The molecule has 3 heteroatoms. The highest BCUT2D eigenvalue weighted by Crippen LogP contribution is 2.23. The predicted octanol–water partition coefficient (Wildman–Crippen LogP) is 3.74. The van der Waals surface area contributed by atoms with E-state index in [2.05, 4.69) is 27.3 Å². The quantitative estimate of drug-likeness (QED) is 0.885. The molecule has 0 heterocycles. The van der Waals surface area contributed by atoms with Crippen molar-refractivity contribution in [1.82, 2.24) is 5.32 Å². The molecule has 2 rings (SSSR count). The summed E-state index contributed by atoms with van der Waals surface area (Å²) < 4.78 is 1.09. The van der Waals surface area contributed by atoms with Crippen molar-refractivity contribution in [2.75, 3.05) is 0 Å². The Balaban J connectivity index is 1.96. The van der Waals surface area contributed by atoms with E-state index < -0.39 is 0 Å². The average Bonchev–Trinajstić information content (AvgIpc) is 2.08. The minimum atomic E-state index is 0.713. The molecule has 1 aromatic rings. The first kappa shape index (κ1) is 10.5. The van der Waals surface area contributed by atoms with E-state index in [1.165, 1.54) is 24.8 Å². The minimum absolute atomic E-state index is 0.713. The molecule has 0 radical (unpaired) electrons. The molecule has 1 aliphatic rings. The molecule has 1 nitrogen and oxygen atoms in total. The average molecular weight is 275 g/mol. The van der Waals surface area contributed by atoms with Crippen molar-refractivity contribution in [3.8, 4) is 0 Å². The van der Waals surface area contributed by atoms with Crippen LogP contribution in [0.4, 0.5) is 0 Å². The second-order valence-corrected chi connectivity index (χ2v) is 5.07. The van der Waals surface area contributed by atoms with E-state index >= 15 is 0 Å². The Morgan fingerprint density at radius 3 is 2.86 bits per heavy atom. The highest BCUT2D eigenvalue weighted by atomic mass is 79.9. The van der Waals surface area contributed by atoms with Gasteiger partial charge in [0.05, 0.1) is 0 Å². The Kier molecular flexibility index (Phi) is 3.47. The van der Waals surface area contributed by atoms with Gasteiger partial charge in [-0.2, -0.15) is 0 Å². The van der Waals surface area contributed by atoms with Gasteiger partial charge in [-0.25, -0.2) is 0 Å². The summed E-state index contributed by atoms with van der Waals surface area (Å²) in [7, 11) is 0. The minimum Gasteiger partial charge on any atom is -0.310 e. The molecule has 0 spiro atoms. The van der Waals surface area contributed by atoms with E-state index in [0.29, 0.717) is 6.04 Å². The van der Waals surface area contributed by atoms with Crippen LogP contribution >= 0.6 is 27.5 Å². The van der Waals surface area contributed by atoms with Crippen molar-refractivity contribution in [3.63, 3.8) is 0 Å². The normalized spacial score (nSPS) is 16.7. The number of rotatable bonds is 3. The van der Waals surface area contributed by atoms with Gasteiger partial charge >= 0.3 is 0 Å². The van der Waals surface area contributed by atoms with Crippen molar-refractivity contribution < 1.29 is 0 Å². The van der Waals surface area contributed by atoms with Gasteiger partial charge in [-0.15, -0.1) is 0 Å². The fourth-order valence-corrected chi connectivity index (χ4v) is 2.14. The van der Waals surface area contributed by atoms with Gasteiger partial charge < -0.3 is 5.32 Å². The first-order valence-corrected chi connectivity index (χ1v) is 6.10. The molecule has 14 heavy (non-hydrogen) atoms. The molecule has 1 aromatic carbocycles. The predicted molar refractivity (Wildman–Crippen MR) is 63.6 cm³/mol. The van der Waals surface area contributed by atoms with Gasteiger partial charge in [0.15, 0.2) is 0 Å². The van der Waals surface area contributed by atoms with Crippen molar-refractivity contribution in [2.24, 2.45) is 0 Å². The molecule has 1 aliphatic carbocycles. The van der Waals surface area contributed by atoms with Gasteiger partial charge in [-0.1, -0.05) is 34.0 Å². The lowest BCUT2D eigenvalue weighted by atomic mass is 9.93. The number of nitrogens with one attached hydrogen (secondary N) is 1. The maximum Gasteiger partial charge on any atom is 0.0451 e. The smallest absolute Gasteiger partial charge is 0.0451 e. The topological polar surface area (TPSA) is 12.0 Å². The molecule has 0 aliphatic heterocycles. The first-order chi connectivity index (χ1) is 6.75. The van der Waals surface area contributed by atoms with Crippen LogP contribution in [0.25, 0.3) is 0 Å². The van der Waals surface area contributed by atoms with Crippen molar-refractivity contribution in [3.05, 3.63) is 33.3 Å². The Morgan fingerprint density at radius 1 is 1.43 bits per heavy atom. The van der Waals surface area contributed by atoms with Crippen LogP contribution in [-0.4, -0.2) is 6.04 Å². The molecular formula is C11H13BrClN. The third-order valence-electron chi connectivity index (χ3n) is 2.69. The van der Waals surface area contributed by atoms with Crippen LogP contribution in [0, 0.1) is 0 Å². The van der Waals surface area contributed by atoms with Crippen LogP contribution in [0.15, 0.2) is 22.7 Å². The Labute approximate surface area is 98.0 Å². The fourth-order valence-electron chi connectivity index (χ4n) is 1.55. The van der Waals surface area contributed by atoms with Gasteiger partial charge in [-0.05, 0) is 36.6 Å². The highest BCUT2D eigenvalue weighted by molar-refractivity contribution is 9.10. The Morgan fingerprint density at radius 2 is 2.21 bits per heavy atom. The van der Waals surface area contributed by atoms with Gasteiger partial charge in [-0.3, -0.25) is 0 Å². The van der Waals surface area contributed by atoms with Crippen LogP contribution in [-0.2, 0) is 6.54 Å². The van der Waals surface area contributed by atoms with Gasteiger partial charge in [0, 0.05) is 22.1 Å². The van der Waals surface area contributed by atoms with Crippen molar-refractivity contribution in [1.29, 1.82) is 0 Å². The number of benzene rings is 1. The van der Waals surface area contributed by atoms with Crippen molar-refractivity contribution in [2.45, 2.75) is 31.8 Å². The molecule has 1 saturated carbocycles. The summed E-state index contributed by atoms with van der Waals surface area (Å²) in [5, 5.41) is 4.35. The lowest BCUT2D eigenvalue weighted by Crippen LogP contribution is -2.34. The maximum absolute atomic E-state index is 6.08. The Hall–Kier alpha value is -0.0500. The zero-order valence-corrected chi connectivity index (χ0v) is 10.2. The molecule has 1 N–H and O–H groups in total. The van der Waals surface area contributed by atoms with Crippen molar-refractivity contribution >= 4 is 27.5 Å². The second-order valence-electron chi connectivity index (χ2n) is 3.74. The highest BCUT2D eigenvalue weighted by Gasteiger charge is 2.16. The van der Waals surface area contributed by atoms with E-state index in [1.54, 1.807) is 0 Å². The van der Waals surface area contributed by atoms with E-state index in [1.807, 2.05) is 12.1 Å². The van der Waals surface area contributed by atoms with Crippen LogP contribution in [0.2, 0.25) is 5.02 Å². The fraction of sp³-hybridized carbons (Fsp3) is 0.455. The Bertz CT molecular complexity index is 323. The largest absolute Gasteiger partial charge is 0.310 e.